The van der Waals surface area contributed by atoms with Gasteiger partial charge in [-0.1, -0.05) is 84.9 Å². The number of hydrogen-bond acceptors (Lipinski definition) is 3. The zero-order valence-electron chi connectivity index (χ0n) is 19.9. The highest BCUT2D eigenvalue weighted by atomic mass is 16.2. The van der Waals surface area contributed by atoms with E-state index in [9.17, 15) is 9.59 Å². The molecule has 0 aliphatic heterocycles. The van der Waals surface area contributed by atoms with Crippen LogP contribution in [0.25, 0.3) is 21.5 Å². The van der Waals surface area contributed by atoms with E-state index in [2.05, 4.69) is 63.8 Å². The van der Waals surface area contributed by atoms with Gasteiger partial charge in [-0.05, 0) is 45.5 Å². The quantitative estimate of drug-likeness (QED) is 0.295. The topological polar surface area (TPSA) is 101 Å². The van der Waals surface area contributed by atoms with Gasteiger partial charge >= 0.3 is 0 Å². The number of aromatic nitrogens is 2. The van der Waals surface area contributed by atoms with Crippen molar-refractivity contribution in [2.45, 2.75) is 25.3 Å². The van der Waals surface area contributed by atoms with E-state index in [1.807, 2.05) is 36.4 Å². The Balaban J connectivity index is 1.48. The van der Waals surface area contributed by atoms with E-state index < -0.39 is 17.9 Å². The number of aromatic amines is 1. The summed E-state index contributed by atoms with van der Waals surface area (Å²) in [4.78, 5) is 33.0. The van der Waals surface area contributed by atoms with Crippen molar-refractivity contribution < 1.29 is 9.59 Å². The third-order valence-corrected chi connectivity index (χ3v) is 6.69. The molecular formula is C30H28N4O2. The Labute approximate surface area is 209 Å². The van der Waals surface area contributed by atoms with Crippen LogP contribution in [-0.2, 0) is 28.9 Å². The van der Waals surface area contributed by atoms with Gasteiger partial charge in [0, 0.05) is 18.5 Å². The van der Waals surface area contributed by atoms with Crippen LogP contribution >= 0.6 is 0 Å². The van der Waals surface area contributed by atoms with E-state index >= 15 is 0 Å². The molecule has 0 aliphatic rings. The van der Waals surface area contributed by atoms with E-state index in [0.29, 0.717) is 18.5 Å². The van der Waals surface area contributed by atoms with E-state index in [-0.39, 0.29) is 12.3 Å². The van der Waals surface area contributed by atoms with Crippen molar-refractivity contribution >= 4 is 33.4 Å². The van der Waals surface area contributed by atoms with E-state index in [1.165, 1.54) is 0 Å². The standard InChI is InChI=1S/C30H28N4O2/c31-29(35)28(17-25-18-32-19-33-25)34-30(36)24(15-22-11-5-9-20-7-1-3-13-26(20)22)16-23-12-6-10-21-8-2-4-14-27(21)23/h1-14,18-19,24,28H,15-17H2,(H2,31,35)(H,32,33)(H,34,36). The maximum Gasteiger partial charge on any atom is 0.240 e. The second-order valence-electron chi connectivity index (χ2n) is 9.11. The molecule has 36 heavy (non-hydrogen) atoms. The average molecular weight is 477 g/mol. The van der Waals surface area contributed by atoms with Gasteiger partial charge in [0.05, 0.1) is 12.0 Å². The molecule has 6 nitrogen and oxygen atoms in total. The lowest BCUT2D eigenvalue weighted by Gasteiger charge is -2.22. The van der Waals surface area contributed by atoms with Crippen molar-refractivity contribution in [1.29, 1.82) is 0 Å². The highest BCUT2D eigenvalue weighted by Gasteiger charge is 2.26. The molecule has 1 aromatic heterocycles. The van der Waals surface area contributed by atoms with Crippen LogP contribution in [0.15, 0.2) is 97.5 Å². The summed E-state index contributed by atoms with van der Waals surface area (Å²) < 4.78 is 0. The zero-order chi connectivity index (χ0) is 24.9. The summed E-state index contributed by atoms with van der Waals surface area (Å²) in [5.74, 6) is -1.18. The number of benzene rings is 4. The molecule has 5 aromatic rings. The molecule has 0 fully saturated rings. The van der Waals surface area contributed by atoms with Gasteiger partial charge in [-0.2, -0.15) is 0 Å². The minimum absolute atomic E-state index is 0.199. The fraction of sp³-hybridized carbons (Fsp3) is 0.167. The van der Waals surface area contributed by atoms with Crippen molar-refractivity contribution in [2.75, 3.05) is 0 Å². The molecular weight excluding hydrogens is 448 g/mol. The Morgan fingerprint density at radius 1 is 0.778 bits per heavy atom. The molecule has 1 unspecified atom stereocenters. The lowest BCUT2D eigenvalue weighted by atomic mass is 9.87. The number of rotatable bonds is 9. The first-order valence-corrected chi connectivity index (χ1v) is 12.1. The Hall–Kier alpha value is -4.45. The molecule has 6 heteroatoms. The minimum atomic E-state index is -0.844. The molecule has 0 aliphatic carbocycles. The van der Waals surface area contributed by atoms with Gasteiger partial charge in [0.25, 0.3) is 0 Å². The second kappa shape index (κ2) is 10.4. The fourth-order valence-electron chi connectivity index (χ4n) is 4.85. The van der Waals surface area contributed by atoms with Crippen LogP contribution in [0.2, 0.25) is 0 Å². The maximum absolute atomic E-state index is 13.7. The van der Waals surface area contributed by atoms with Crippen LogP contribution < -0.4 is 11.1 Å². The van der Waals surface area contributed by atoms with Gasteiger partial charge in [-0.3, -0.25) is 9.59 Å². The highest BCUT2D eigenvalue weighted by molar-refractivity contribution is 5.91. The van der Waals surface area contributed by atoms with Gasteiger partial charge in [-0.25, -0.2) is 4.98 Å². The molecule has 0 bridgehead atoms. The maximum atomic E-state index is 13.7. The number of nitrogens with zero attached hydrogens (tertiary/aromatic N) is 1. The summed E-state index contributed by atoms with van der Waals surface area (Å²) in [6, 6.07) is 27.9. The average Bonchev–Trinajstić information content (AvgIpc) is 3.41. The smallest absolute Gasteiger partial charge is 0.240 e. The number of imidazole rings is 1. The minimum Gasteiger partial charge on any atom is -0.368 e. The molecule has 4 N–H and O–H groups in total. The predicted molar refractivity (Wildman–Crippen MR) is 142 cm³/mol. The number of carbonyl (C=O) groups is 2. The first-order valence-electron chi connectivity index (χ1n) is 12.1. The number of amides is 2. The van der Waals surface area contributed by atoms with Crippen LogP contribution in [0.1, 0.15) is 16.8 Å². The van der Waals surface area contributed by atoms with Crippen molar-refractivity contribution in [3.05, 3.63) is 114 Å². The molecule has 0 saturated carbocycles. The summed E-state index contributed by atoms with van der Waals surface area (Å²) in [6.45, 7) is 0. The third kappa shape index (κ3) is 5.13. The van der Waals surface area contributed by atoms with Crippen molar-refractivity contribution in [2.24, 2.45) is 11.7 Å². The lowest BCUT2D eigenvalue weighted by Crippen LogP contribution is -2.48. The molecule has 1 heterocycles. The molecule has 5 rings (SSSR count). The van der Waals surface area contributed by atoms with Crippen molar-refractivity contribution in [1.82, 2.24) is 15.3 Å². The highest BCUT2D eigenvalue weighted by Crippen LogP contribution is 2.26. The largest absolute Gasteiger partial charge is 0.368 e. The van der Waals surface area contributed by atoms with Crippen LogP contribution in [0.5, 0.6) is 0 Å². The van der Waals surface area contributed by atoms with Crippen LogP contribution in [0.4, 0.5) is 0 Å². The SMILES string of the molecule is NC(=O)C(Cc1c[nH]cn1)NC(=O)C(Cc1cccc2ccccc12)Cc1cccc2ccccc12. The number of H-pyrrole nitrogens is 1. The lowest BCUT2D eigenvalue weighted by molar-refractivity contribution is -0.129. The monoisotopic (exact) mass is 476 g/mol. The molecule has 180 valence electrons. The van der Waals surface area contributed by atoms with E-state index in [1.54, 1.807) is 12.5 Å². The number of nitrogens with two attached hydrogens (primary N) is 1. The normalized spacial score (nSPS) is 12.1. The molecule has 0 spiro atoms. The van der Waals surface area contributed by atoms with E-state index in [0.717, 1.165) is 32.7 Å². The first kappa shape index (κ1) is 23.3. The van der Waals surface area contributed by atoms with Gasteiger partial charge in [0.2, 0.25) is 11.8 Å². The van der Waals surface area contributed by atoms with Crippen LogP contribution in [-0.4, -0.2) is 27.8 Å². The number of hydrogen-bond donors (Lipinski definition) is 3. The first-order chi connectivity index (χ1) is 17.6. The summed E-state index contributed by atoms with van der Waals surface area (Å²) in [6.07, 6.45) is 4.54. The molecule has 0 saturated heterocycles. The third-order valence-electron chi connectivity index (χ3n) is 6.69. The van der Waals surface area contributed by atoms with Gasteiger partial charge in [0.15, 0.2) is 0 Å². The molecule has 4 aromatic carbocycles. The summed E-state index contributed by atoms with van der Waals surface area (Å²) in [5, 5.41) is 7.44. The Morgan fingerprint density at radius 2 is 1.33 bits per heavy atom. The number of carbonyl (C=O) groups excluding carboxylic acids is 2. The second-order valence-corrected chi connectivity index (χ2v) is 9.11. The number of nitrogens with one attached hydrogen (secondary N) is 2. The van der Waals surface area contributed by atoms with Crippen LogP contribution in [0.3, 0.4) is 0 Å². The number of fused-ring (bicyclic) bond motifs is 2. The number of primary amides is 1. The van der Waals surface area contributed by atoms with Gasteiger partial charge < -0.3 is 16.0 Å². The van der Waals surface area contributed by atoms with E-state index in [4.69, 9.17) is 5.73 Å². The Kier molecular flexibility index (Phi) is 6.76. The summed E-state index contributed by atoms with van der Waals surface area (Å²) in [5.41, 5.74) is 8.52. The van der Waals surface area contributed by atoms with Crippen molar-refractivity contribution in [3.8, 4) is 0 Å². The van der Waals surface area contributed by atoms with Crippen LogP contribution in [0, 0.1) is 5.92 Å². The summed E-state index contributed by atoms with van der Waals surface area (Å²) in [7, 11) is 0. The Bertz CT molecular complexity index is 1420. The Morgan fingerprint density at radius 3 is 1.86 bits per heavy atom. The van der Waals surface area contributed by atoms with Crippen molar-refractivity contribution in [3.63, 3.8) is 0 Å². The molecule has 2 amide bonds. The van der Waals surface area contributed by atoms with Gasteiger partial charge in [0.1, 0.15) is 6.04 Å². The summed E-state index contributed by atoms with van der Waals surface area (Å²) >= 11 is 0. The predicted octanol–water partition coefficient (Wildman–Crippen LogP) is 4.33. The molecule has 0 radical (unpaired) electrons. The molecule has 1 atom stereocenters. The zero-order valence-corrected chi connectivity index (χ0v) is 19.9. The van der Waals surface area contributed by atoms with Gasteiger partial charge in [-0.15, -0.1) is 0 Å². The fourth-order valence-corrected chi connectivity index (χ4v) is 4.85.